The van der Waals surface area contributed by atoms with Crippen LogP contribution in [0, 0.1) is 0 Å². The van der Waals surface area contributed by atoms with E-state index in [2.05, 4.69) is 20.2 Å². The van der Waals surface area contributed by atoms with Crippen molar-refractivity contribution in [2.24, 2.45) is 0 Å². The maximum absolute atomic E-state index is 13.1. The van der Waals surface area contributed by atoms with Gasteiger partial charge in [-0.15, -0.1) is 0 Å². The Morgan fingerprint density at radius 1 is 1.19 bits per heavy atom. The van der Waals surface area contributed by atoms with Gasteiger partial charge in [0.1, 0.15) is 11.7 Å². The van der Waals surface area contributed by atoms with Gasteiger partial charge in [0, 0.05) is 30.7 Å². The van der Waals surface area contributed by atoms with E-state index in [0.29, 0.717) is 29.5 Å². The first kappa shape index (κ1) is 15.7. The maximum Gasteiger partial charge on any atom is 0.254 e. The van der Waals surface area contributed by atoms with Gasteiger partial charge in [0.15, 0.2) is 0 Å². The highest BCUT2D eigenvalue weighted by Gasteiger charge is 2.34. The van der Waals surface area contributed by atoms with Crippen LogP contribution in [0.3, 0.4) is 0 Å². The van der Waals surface area contributed by atoms with Crippen LogP contribution in [0.15, 0.2) is 59.5 Å². The first-order valence-corrected chi connectivity index (χ1v) is 8.79. The van der Waals surface area contributed by atoms with Crippen molar-refractivity contribution in [2.45, 2.75) is 18.9 Å². The second kappa shape index (κ2) is 6.31. The molecule has 0 bridgehead atoms. The fraction of sp³-hybridized carbons (Fsp3) is 0.211. The van der Waals surface area contributed by atoms with Crippen LogP contribution in [0.4, 0.5) is 0 Å². The van der Waals surface area contributed by atoms with E-state index < -0.39 is 0 Å². The number of fused-ring (bicyclic) bond motifs is 1. The molecule has 4 aromatic heterocycles. The number of aromatic nitrogens is 5. The number of carbonyl (C=O) groups is 1. The van der Waals surface area contributed by atoms with Crippen LogP contribution < -0.4 is 0 Å². The predicted octanol–water partition coefficient (Wildman–Crippen LogP) is 2.76. The molecule has 0 N–H and O–H groups in total. The molecule has 1 atom stereocenters. The second-order valence-corrected chi connectivity index (χ2v) is 6.44. The summed E-state index contributed by atoms with van der Waals surface area (Å²) < 4.78 is 7.20. The third-order valence-electron chi connectivity index (χ3n) is 4.78. The van der Waals surface area contributed by atoms with E-state index in [1.807, 2.05) is 30.3 Å². The molecular weight excluding hydrogens is 344 g/mol. The average molecular weight is 360 g/mol. The molecule has 5 rings (SSSR count). The number of rotatable bonds is 3. The molecule has 8 heteroatoms. The van der Waals surface area contributed by atoms with Crippen LogP contribution in [0.2, 0.25) is 0 Å². The Hall–Kier alpha value is -3.55. The van der Waals surface area contributed by atoms with Crippen molar-refractivity contribution < 1.29 is 9.32 Å². The summed E-state index contributed by atoms with van der Waals surface area (Å²) >= 11 is 0. The molecule has 0 unspecified atom stereocenters. The van der Waals surface area contributed by atoms with Crippen molar-refractivity contribution in [1.82, 2.24) is 29.6 Å². The smallest absolute Gasteiger partial charge is 0.254 e. The molecule has 8 nitrogen and oxygen atoms in total. The summed E-state index contributed by atoms with van der Waals surface area (Å²) in [6.45, 7) is 0.662. The first-order chi connectivity index (χ1) is 13.3. The number of nitrogens with zero attached hydrogens (tertiary/aromatic N) is 6. The molecule has 0 radical (unpaired) electrons. The third-order valence-corrected chi connectivity index (χ3v) is 4.78. The van der Waals surface area contributed by atoms with Gasteiger partial charge in [0.25, 0.3) is 5.91 Å². The Morgan fingerprint density at radius 3 is 3.04 bits per heavy atom. The van der Waals surface area contributed by atoms with Crippen LogP contribution in [0.1, 0.15) is 35.1 Å². The molecule has 0 saturated carbocycles. The van der Waals surface area contributed by atoms with E-state index in [1.165, 1.54) is 0 Å². The number of hydrogen-bond acceptors (Lipinski definition) is 6. The van der Waals surface area contributed by atoms with E-state index in [4.69, 9.17) is 4.52 Å². The largest absolute Gasteiger partial charge is 0.337 e. The van der Waals surface area contributed by atoms with Crippen molar-refractivity contribution in [3.63, 3.8) is 0 Å². The van der Waals surface area contributed by atoms with Crippen LogP contribution in [0.5, 0.6) is 0 Å². The zero-order valence-electron chi connectivity index (χ0n) is 14.4. The Bertz CT molecular complexity index is 1100. The molecule has 0 spiro atoms. The minimum atomic E-state index is -0.219. The molecule has 1 aliphatic heterocycles. The lowest BCUT2D eigenvalue weighted by atomic mass is 10.2. The van der Waals surface area contributed by atoms with Gasteiger partial charge in [0.05, 0.1) is 5.52 Å². The average Bonchev–Trinajstić information content (AvgIpc) is 3.47. The number of likely N-dealkylation sites (tertiary alicyclic amines) is 1. The summed E-state index contributed by atoms with van der Waals surface area (Å²) in [5.74, 6) is 0.844. The Balaban J connectivity index is 1.43. The summed E-state index contributed by atoms with van der Waals surface area (Å²) in [5.41, 5.74) is 2.15. The van der Waals surface area contributed by atoms with Crippen molar-refractivity contribution in [2.75, 3.05) is 6.54 Å². The van der Waals surface area contributed by atoms with Gasteiger partial charge >= 0.3 is 0 Å². The van der Waals surface area contributed by atoms with Crippen molar-refractivity contribution in [3.05, 3.63) is 66.4 Å². The van der Waals surface area contributed by atoms with Crippen molar-refractivity contribution >= 4 is 11.4 Å². The molecule has 1 amide bonds. The minimum absolute atomic E-state index is 0.0428. The molecule has 0 aliphatic carbocycles. The zero-order valence-corrected chi connectivity index (χ0v) is 14.4. The van der Waals surface area contributed by atoms with Gasteiger partial charge in [-0.3, -0.25) is 9.78 Å². The molecule has 1 aliphatic rings. The minimum Gasteiger partial charge on any atom is -0.337 e. The molecule has 134 valence electrons. The molecule has 27 heavy (non-hydrogen) atoms. The fourth-order valence-corrected chi connectivity index (χ4v) is 3.46. The van der Waals surface area contributed by atoms with Gasteiger partial charge < -0.3 is 9.42 Å². The Morgan fingerprint density at radius 2 is 2.15 bits per heavy atom. The number of pyridine rings is 2. The highest BCUT2D eigenvalue weighted by Crippen LogP contribution is 2.33. The Kier molecular flexibility index (Phi) is 3.67. The van der Waals surface area contributed by atoms with Gasteiger partial charge in [-0.1, -0.05) is 11.2 Å². The number of amides is 1. The SMILES string of the molecule is O=C(c1ccn2nccc2c1)N1CCC[C@H]1c1nc(-c2ccccn2)no1. The molecule has 5 heterocycles. The molecule has 4 aromatic rings. The summed E-state index contributed by atoms with van der Waals surface area (Å²) in [7, 11) is 0. The summed E-state index contributed by atoms with van der Waals surface area (Å²) in [6, 6.07) is 10.8. The molecule has 0 aromatic carbocycles. The highest BCUT2D eigenvalue weighted by molar-refractivity contribution is 5.95. The normalized spacial score (nSPS) is 16.9. The van der Waals surface area contributed by atoms with Crippen LogP contribution >= 0.6 is 0 Å². The van der Waals surface area contributed by atoms with Crippen LogP contribution in [-0.2, 0) is 0 Å². The standard InChI is InChI=1S/C19H16N6O2/c26-19(13-7-11-25-14(12-13)6-9-21-25)24-10-3-5-16(24)18-22-17(23-27-18)15-4-1-2-8-20-15/h1-2,4,6-9,11-12,16H,3,5,10H2/t16-/m0/s1. The lowest BCUT2D eigenvalue weighted by Crippen LogP contribution is -2.30. The van der Waals surface area contributed by atoms with Gasteiger partial charge in [0.2, 0.25) is 11.7 Å². The fourth-order valence-electron chi connectivity index (χ4n) is 3.46. The summed E-state index contributed by atoms with van der Waals surface area (Å²) in [6.07, 6.45) is 6.87. The topological polar surface area (TPSA) is 89.4 Å². The summed E-state index contributed by atoms with van der Waals surface area (Å²) in [4.78, 5) is 23.6. The van der Waals surface area contributed by atoms with E-state index in [-0.39, 0.29) is 11.9 Å². The monoisotopic (exact) mass is 360 g/mol. The van der Waals surface area contributed by atoms with Gasteiger partial charge in [-0.2, -0.15) is 10.1 Å². The zero-order chi connectivity index (χ0) is 18.2. The van der Waals surface area contributed by atoms with Crippen molar-refractivity contribution in [3.8, 4) is 11.5 Å². The lowest BCUT2D eigenvalue weighted by molar-refractivity contribution is 0.0710. The lowest BCUT2D eigenvalue weighted by Gasteiger charge is -2.21. The Labute approximate surface area is 154 Å². The number of carbonyl (C=O) groups excluding carboxylic acids is 1. The van der Waals surface area contributed by atoms with Gasteiger partial charge in [-0.25, -0.2) is 4.52 Å². The first-order valence-electron chi connectivity index (χ1n) is 8.79. The van der Waals surface area contributed by atoms with Crippen LogP contribution in [-0.4, -0.2) is 42.1 Å². The van der Waals surface area contributed by atoms with Crippen molar-refractivity contribution in [1.29, 1.82) is 0 Å². The molecule has 1 fully saturated rings. The summed E-state index contributed by atoms with van der Waals surface area (Å²) in [5, 5.41) is 8.20. The third kappa shape index (κ3) is 2.75. The van der Waals surface area contributed by atoms with E-state index >= 15 is 0 Å². The number of hydrogen-bond donors (Lipinski definition) is 0. The molecular formula is C19H16N6O2. The van der Waals surface area contributed by atoms with Crippen LogP contribution in [0.25, 0.3) is 17.0 Å². The predicted molar refractivity (Wildman–Crippen MR) is 95.7 cm³/mol. The highest BCUT2D eigenvalue weighted by atomic mass is 16.5. The van der Waals surface area contributed by atoms with E-state index in [9.17, 15) is 4.79 Å². The maximum atomic E-state index is 13.1. The van der Waals surface area contributed by atoms with E-state index in [0.717, 1.165) is 18.4 Å². The molecule has 1 saturated heterocycles. The van der Waals surface area contributed by atoms with E-state index in [1.54, 1.807) is 34.1 Å². The second-order valence-electron chi connectivity index (χ2n) is 6.44. The van der Waals surface area contributed by atoms with Gasteiger partial charge in [-0.05, 0) is 43.2 Å². The quantitative estimate of drug-likeness (QED) is 0.558.